The molecule has 0 aliphatic carbocycles. The van der Waals surface area contributed by atoms with Crippen molar-refractivity contribution in [3.8, 4) is 0 Å². The fraction of sp³-hybridized carbons (Fsp3) is 0.727. The standard InChI is InChI=1S/C11H20N2O5/c1-4-13(5-2)9(14)6-12(3)10(15)7-18-8-11(16)17/h4-8H2,1-3H3,(H,16,17). The molecule has 0 saturated carbocycles. The lowest BCUT2D eigenvalue weighted by Crippen LogP contribution is -2.42. The smallest absolute Gasteiger partial charge is 0.329 e. The molecule has 0 aromatic carbocycles. The van der Waals surface area contributed by atoms with Crippen molar-refractivity contribution >= 4 is 17.8 Å². The zero-order chi connectivity index (χ0) is 14.1. The second-order valence-corrected chi connectivity index (χ2v) is 3.70. The van der Waals surface area contributed by atoms with E-state index in [9.17, 15) is 14.4 Å². The van der Waals surface area contributed by atoms with Gasteiger partial charge in [0, 0.05) is 20.1 Å². The van der Waals surface area contributed by atoms with E-state index in [-0.39, 0.29) is 19.1 Å². The molecule has 0 aromatic rings. The van der Waals surface area contributed by atoms with Crippen molar-refractivity contribution in [3.05, 3.63) is 0 Å². The third-order valence-electron chi connectivity index (χ3n) is 2.37. The number of nitrogens with zero attached hydrogens (tertiary/aromatic N) is 2. The molecule has 7 nitrogen and oxygen atoms in total. The van der Waals surface area contributed by atoms with Crippen molar-refractivity contribution in [1.82, 2.24) is 9.80 Å². The van der Waals surface area contributed by atoms with Crippen LogP contribution < -0.4 is 0 Å². The first-order valence-electron chi connectivity index (χ1n) is 5.73. The molecule has 0 heterocycles. The summed E-state index contributed by atoms with van der Waals surface area (Å²) in [5.74, 6) is -1.70. The Hall–Kier alpha value is -1.63. The summed E-state index contributed by atoms with van der Waals surface area (Å²) < 4.78 is 4.66. The molecular weight excluding hydrogens is 240 g/mol. The van der Waals surface area contributed by atoms with Gasteiger partial charge in [0.15, 0.2) is 0 Å². The van der Waals surface area contributed by atoms with Gasteiger partial charge in [-0.15, -0.1) is 0 Å². The number of carboxylic acid groups (broad SMARTS) is 1. The molecule has 18 heavy (non-hydrogen) atoms. The minimum absolute atomic E-state index is 0.0308. The van der Waals surface area contributed by atoms with Crippen LogP contribution in [0.1, 0.15) is 13.8 Å². The summed E-state index contributed by atoms with van der Waals surface area (Å²) in [6.07, 6.45) is 0. The lowest BCUT2D eigenvalue weighted by Gasteiger charge is -2.23. The SMILES string of the molecule is CCN(CC)C(=O)CN(C)C(=O)COCC(=O)O. The fourth-order valence-electron chi connectivity index (χ4n) is 1.30. The van der Waals surface area contributed by atoms with Gasteiger partial charge >= 0.3 is 5.97 Å². The van der Waals surface area contributed by atoms with E-state index in [1.165, 1.54) is 11.9 Å². The van der Waals surface area contributed by atoms with Crippen molar-refractivity contribution in [2.24, 2.45) is 0 Å². The Morgan fingerprint density at radius 3 is 2.06 bits per heavy atom. The first kappa shape index (κ1) is 16.4. The number of rotatable bonds is 8. The maximum atomic E-state index is 11.7. The quantitative estimate of drug-likeness (QED) is 0.630. The minimum atomic E-state index is -1.13. The van der Waals surface area contributed by atoms with Crippen LogP contribution >= 0.6 is 0 Å². The van der Waals surface area contributed by atoms with E-state index in [4.69, 9.17) is 5.11 Å². The highest BCUT2D eigenvalue weighted by Crippen LogP contribution is 1.93. The van der Waals surface area contributed by atoms with Gasteiger partial charge in [0.1, 0.15) is 13.2 Å². The zero-order valence-electron chi connectivity index (χ0n) is 11.0. The normalized spacial score (nSPS) is 9.94. The topological polar surface area (TPSA) is 87.2 Å². The number of likely N-dealkylation sites (N-methyl/N-ethyl adjacent to an activating group) is 2. The number of carboxylic acids is 1. The average Bonchev–Trinajstić information content (AvgIpc) is 2.29. The van der Waals surface area contributed by atoms with Crippen LogP contribution in [0.2, 0.25) is 0 Å². The van der Waals surface area contributed by atoms with Crippen LogP contribution in [0, 0.1) is 0 Å². The van der Waals surface area contributed by atoms with Crippen LogP contribution in [0.4, 0.5) is 0 Å². The lowest BCUT2D eigenvalue weighted by atomic mass is 10.4. The van der Waals surface area contributed by atoms with Gasteiger partial charge in [-0.2, -0.15) is 0 Å². The highest BCUT2D eigenvalue weighted by Gasteiger charge is 2.16. The summed E-state index contributed by atoms with van der Waals surface area (Å²) >= 11 is 0. The molecule has 0 aromatic heterocycles. The average molecular weight is 260 g/mol. The molecule has 1 N–H and O–H groups in total. The molecule has 0 rings (SSSR count). The summed E-state index contributed by atoms with van der Waals surface area (Å²) in [6, 6.07) is 0. The van der Waals surface area contributed by atoms with E-state index in [1.807, 2.05) is 13.8 Å². The first-order chi connectivity index (χ1) is 8.42. The molecule has 0 fully saturated rings. The predicted molar refractivity (Wildman–Crippen MR) is 64.0 cm³/mol. The summed E-state index contributed by atoms with van der Waals surface area (Å²) in [6.45, 7) is 4.01. The Kier molecular flexibility index (Phi) is 7.69. The van der Waals surface area contributed by atoms with Gasteiger partial charge in [-0.05, 0) is 13.8 Å². The fourth-order valence-corrected chi connectivity index (χ4v) is 1.30. The van der Waals surface area contributed by atoms with Crippen molar-refractivity contribution < 1.29 is 24.2 Å². The highest BCUT2D eigenvalue weighted by molar-refractivity contribution is 5.85. The van der Waals surface area contributed by atoms with Crippen LogP contribution in [0.25, 0.3) is 0 Å². The minimum Gasteiger partial charge on any atom is -0.480 e. The molecule has 0 unspecified atom stereocenters. The lowest BCUT2D eigenvalue weighted by molar-refractivity contribution is -0.147. The van der Waals surface area contributed by atoms with Crippen LogP contribution in [0.3, 0.4) is 0 Å². The number of aliphatic carboxylic acids is 1. The number of carbonyl (C=O) groups excluding carboxylic acids is 2. The molecular formula is C11H20N2O5. The molecule has 7 heteroatoms. The Morgan fingerprint density at radius 1 is 1.06 bits per heavy atom. The van der Waals surface area contributed by atoms with Crippen LogP contribution in [0.5, 0.6) is 0 Å². The van der Waals surface area contributed by atoms with Gasteiger partial charge in [0.2, 0.25) is 11.8 Å². The Labute approximate surface area is 106 Å². The van der Waals surface area contributed by atoms with E-state index >= 15 is 0 Å². The third kappa shape index (κ3) is 6.19. The van der Waals surface area contributed by atoms with E-state index in [0.717, 1.165) is 0 Å². The van der Waals surface area contributed by atoms with Crippen LogP contribution in [-0.4, -0.2) is 72.6 Å². The van der Waals surface area contributed by atoms with Gasteiger partial charge in [-0.3, -0.25) is 9.59 Å². The second-order valence-electron chi connectivity index (χ2n) is 3.70. The van der Waals surface area contributed by atoms with E-state index in [2.05, 4.69) is 4.74 Å². The van der Waals surface area contributed by atoms with E-state index in [1.54, 1.807) is 4.90 Å². The van der Waals surface area contributed by atoms with Gasteiger partial charge in [-0.1, -0.05) is 0 Å². The number of hydrogen-bond donors (Lipinski definition) is 1. The highest BCUT2D eigenvalue weighted by atomic mass is 16.5. The molecule has 0 saturated heterocycles. The third-order valence-corrected chi connectivity index (χ3v) is 2.37. The number of hydrogen-bond acceptors (Lipinski definition) is 4. The molecule has 0 aliphatic heterocycles. The van der Waals surface area contributed by atoms with Crippen molar-refractivity contribution in [1.29, 1.82) is 0 Å². The second kappa shape index (κ2) is 8.46. The largest absolute Gasteiger partial charge is 0.480 e. The Balaban J connectivity index is 4.07. The van der Waals surface area contributed by atoms with Crippen molar-refractivity contribution in [3.63, 3.8) is 0 Å². The van der Waals surface area contributed by atoms with Gasteiger partial charge in [0.25, 0.3) is 0 Å². The maximum absolute atomic E-state index is 11.7. The molecule has 0 bridgehead atoms. The van der Waals surface area contributed by atoms with E-state index in [0.29, 0.717) is 13.1 Å². The number of carbonyl (C=O) groups is 3. The first-order valence-corrected chi connectivity index (χ1v) is 5.73. The van der Waals surface area contributed by atoms with Crippen LogP contribution in [-0.2, 0) is 19.1 Å². The zero-order valence-corrected chi connectivity index (χ0v) is 11.0. The number of ether oxygens (including phenoxy) is 1. The Bertz CT molecular complexity index is 302. The predicted octanol–water partition coefficient (Wildman–Crippen LogP) is -0.586. The summed E-state index contributed by atoms with van der Waals surface area (Å²) in [5.41, 5.74) is 0. The molecule has 0 spiro atoms. The van der Waals surface area contributed by atoms with E-state index < -0.39 is 18.5 Å². The molecule has 0 atom stereocenters. The summed E-state index contributed by atoms with van der Waals surface area (Å²) in [7, 11) is 1.48. The van der Waals surface area contributed by atoms with Gasteiger partial charge in [0.05, 0.1) is 6.54 Å². The maximum Gasteiger partial charge on any atom is 0.329 e. The van der Waals surface area contributed by atoms with Crippen LogP contribution in [0.15, 0.2) is 0 Å². The Morgan fingerprint density at radius 2 is 1.61 bits per heavy atom. The molecule has 2 amide bonds. The molecule has 104 valence electrons. The number of amides is 2. The van der Waals surface area contributed by atoms with Gasteiger partial charge < -0.3 is 19.6 Å². The van der Waals surface area contributed by atoms with Crippen molar-refractivity contribution in [2.45, 2.75) is 13.8 Å². The monoisotopic (exact) mass is 260 g/mol. The van der Waals surface area contributed by atoms with Gasteiger partial charge in [-0.25, -0.2) is 4.79 Å². The molecule has 0 aliphatic rings. The van der Waals surface area contributed by atoms with Crippen molar-refractivity contribution in [2.75, 3.05) is 39.9 Å². The summed E-state index contributed by atoms with van der Waals surface area (Å²) in [5, 5.41) is 8.34. The summed E-state index contributed by atoms with van der Waals surface area (Å²) in [4.78, 5) is 36.2. The molecule has 0 radical (unpaired) electrons.